The standard InChI is InChI=1S/C22H22F3NO7S/c1-12(5-3-4-8-26-21(30)31)16-10-15(27)18(20(29)33-16)19(28)13(2)9-14-6-7-17(34-14)32-11-22(23,24)25/h4,6-10,12,26-27H,3,5,11H2,1-2H3,(H,30,31). The average molecular weight is 501 g/mol. The van der Waals surface area contributed by atoms with E-state index in [0.717, 1.165) is 11.3 Å². The molecule has 12 heteroatoms. The summed E-state index contributed by atoms with van der Waals surface area (Å²) in [5.74, 6) is -1.50. The Morgan fingerprint density at radius 2 is 2.03 bits per heavy atom. The monoisotopic (exact) mass is 501 g/mol. The zero-order valence-electron chi connectivity index (χ0n) is 18.1. The highest BCUT2D eigenvalue weighted by Gasteiger charge is 2.28. The first-order valence-corrected chi connectivity index (χ1v) is 10.7. The number of Topliss-reactive ketones (excluding diaryl/α,β-unsaturated/α-hetero) is 1. The van der Waals surface area contributed by atoms with Gasteiger partial charge in [0.05, 0.1) is 0 Å². The van der Waals surface area contributed by atoms with Gasteiger partial charge in [0.15, 0.2) is 17.5 Å². The Morgan fingerprint density at radius 3 is 2.65 bits per heavy atom. The largest absolute Gasteiger partial charge is 0.507 e. The number of thiophene rings is 1. The molecule has 0 saturated heterocycles. The van der Waals surface area contributed by atoms with Gasteiger partial charge in [-0.25, -0.2) is 9.59 Å². The minimum Gasteiger partial charge on any atom is -0.507 e. The number of carbonyl (C=O) groups is 2. The Morgan fingerprint density at radius 1 is 1.32 bits per heavy atom. The Hall–Kier alpha value is -3.54. The molecule has 2 heterocycles. The predicted molar refractivity (Wildman–Crippen MR) is 118 cm³/mol. The van der Waals surface area contributed by atoms with Gasteiger partial charge >= 0.3 is 17.9 Å². The lowest BCUT2D eigenvalue weighted by Crippen LogP contribution is -2.18. The number of halogens is 3. The number of carboxylic acid groups (broad SMARTS) is 1. The summed E-state index contributed by atoms with van der Waals surface area (Å²) in [4.78, 5) is 35.9. The van der Waals surface area contributed by atoms with Gasteiger partial charge in [-0.3, -0.25) is 10.1 Å². The third kappa shape index (κ3) is 8.10. The van der Waals surface area contributed by atoms with E-state index in [9.17, 15) is 32.7 Å². The fraction of sp³-hybridized carbons (Fsp3) is 0.318. The van der Waals surface area contributed by atoms with Crippen LogP contribution < -0.4 is 15.7 Å². The van der Waals surface area contributed by atoms with E-state index < -0.39 is 41.6 Å². The van der Waals surface area contributed by atoms with Crippen LogP contribution in [0.25, 0.3) is 6.08 Å². The number of hydrogen-bond donors (Lipinski definition) is 3. The van der Waals surface area contributed by atoms with Crippen LogP contribution in [0, 0.1) is 0 Å². The number of amides is 1. The lowest BCUT2D eigenvalue weighted by atomic mass is 10.00. The number of hydrogen-bond acceptors (Lipinski definition) is 7. The van der Waals surface area contributed by atoms with E-state index in [1.807, 2.05) is 0 Å². The molecule has 2 rings (SSSR count). The van der Waals surface area contributed by atoms with Crippen molar-refractivity contribution in [1.82, 2.24) is 5.32 Å². The van der Waals surface area contributed by atoms with Crippen molar-refractivity contribution < 1.29 is 42.1 Å². The minimum atomic E-state index is -4.48. The number of ketones is 1. The molecule has 0 spiro atoms. The zero-order valence-corrected chi connectivity index (χ0v) is 19.0. The second kappa shape index (κ2) is 11.5. The molecule has 2 aromatic rings. The van der Waals surface area contributed by atoms with E-state index in [0.29, 0.717) is 17.7 Å². The molecule has 1 unspecified atom stereocenters. The Bertz CT molecular complexity index is 1150. The summed E-state index contributed by atoms with van der Waals surface area (Å²) in [6, 6.07) is 3.97. The molecule has 0 radical (unpaired) electrons. The van der Waals surface area contributed by atoms with Crippen molar-refractivity contribution in [3.63, 3.8) is 0 Å². The van der Waals surface area contributed by atoms with Crippen molar-refractivity contribution in [3.8, 4) is 10.8 Å². The van der Waals surface area contributed by atoms with E-state index in [1.54, 1.807) is 13.0 Å². The van der Waals surface area contributed by atoms with Gasteiger partial charge in [-0.1, -0.05) is 24.3 Å². The molecule has 2 aromatic heterocycles. The molecule has 1 amide bonds. The maximum atomic E-state index is 12.7. The van der Waals surface area contributed by atoms with Crippen molar-refractivity contribution in [2.75, 3.05) is 6.61 Å². The third-order valence-corrected chi connectivity index (χ3v) is 5.40. The molecule has 0 aliphatic rings. The lowest BCUT2D eigenvalue weighted by Gasteiger charge is -2.11. The number of nitrogens with one attached hydrogen (secondary N) is 1. The summed E-state index contributed by atoms with van der Waals surface area (Å²) in [6.45, 7) is 1.69. The number of allylic oxidation sites excluding steroid dienone is 2. The fourth-order valence-corrected chi connectivity index (χ4v) is 3.63. The molecule has 0 aromatic carbocycles. The number of carbonyl (C=O) groups excluding carboxylic acids is 1. The fourth-order valence-electron chi connectivity index (χ4n) is 2.77. The Balaban J connectivity index is 2.11. The highest BCUT2D eigenvalue weighted by molar-refractivity contribution is 7.14. The smallest absolute Gasteiger partial charge is 0.422 e. The summed E-state index contributed by atoms with van der Waals surface area (Å²) < 4.78 is 46.6. The molecular weight excluding hydrogens is 479 g/mol. The van der Waals surface area contributed by atoms with Crippen LogP contribution in [0.2, 0.25) is 0 Å². The molecule has 3 N–H and O–H groups in total. The van der Waals surface area contributed by atoms with Crippen LogP contribution in [0.15, 0.2) is 45.3 Å². The van der Waals surface area contributed by atoms with Gasteiger partial charge < -0.3 is 19.4 Å². The average Bonchev–Trinajstić information content (AvgIpc) is 3.17. The molecule has 1 atom stereocenters. The Kier molecular flexibility index (Phi) is 9.07. The quantitative estimate of drug-likeness (QED) is 0.298. The maximum Gasteiger partial charge on any atom is 0.422 e. The summed E-state index contributed by atoms with van der Waals surface area (Å²) in [5, 5.41) is 20.9. The predicted octanol–water partition coefficient (Wildman–Crippen LogP) is 5.30. The van der Waals surface area contributed by atoms with E-state index in [4.69, 9.17) is 9.52 Å². The second-order valence-electron chi connectivity index (χ2n) is 7.24. The van der Waals surface area contributed by atoms with Gasteiger partial charge in [-0.2, -0.15) is 13.2 Å². The number of ether oxygens (including phenoxy) is 1. The third-order valence-electron chi connectivity index (χ3n) is 4.45. The van der Waals surface area contributed by atoms with E-state index >= 15 is 0 Å². The van der Waals surface area contributed by atoms with Crippen LogP contribution >= 0.6 is 11.3 Å². The van der Waals surface area contributed by atoms with Crippen molar-refractivity contribution in [3.05, 3.63) is 62.7 Å². The van der Waals surface area contributed by atoms with Gasteiger partial charge in [0.2, 0.25) is 0 Å². The second-order valence-corrected chi connectivity index (χ2v) is 8.32. The van der Waals surface area contributed by atoms with E-state index in [2.05, 4.69) is 10.1 Å². The number of alkyl halides is 3. The SMILES string of the molecule is CC(=Cc1ccc(OCC(F)(F)F)s1)C(=O)c1c(O)cc(C(C)CCC=CNC(=O)O)oc1=O. The van der Waals surface area contributed by atoms with Crippen LogP contribution in [0.5, 0.6) is 10.8 Å². The van der Waals surface area contributed by atoms with Gasteiger partial charge in [0.1, 0.15) is 17.1 Å². The van der Waals surface area contributed by atoms with Crippen molar-refractivity contribution in [1.29, 1.82) is 0 Å². The molecule has 0 bridgehead atoms. The summed E-state index contributed by atoms with van der Waals surface area (Å²) in [6.07, 6.45) is -0.528. The first-order valence-electron chi connectivity index (χ1n) is 9.91. The molecule has 0 aliphatic carbocycles. The van der Waals surface area contributed by atoms with Crippen LogP contribution in [0.3, 0.4) is 0 Å². The summed E-state index contributed by atoms with van der Waals surface area (Å²) in [7, 11) is 0. The van der Waals surface area contributed by atoms with E-state index in [-0.39, 0.29) is 22.3 Å². The molecular formula is C22H22F3NO7S. The molecule has 34 heavy (non-hydrogen) atoms. The lowest BCUT2D eigenvalue weighted by molar-refractivity contribution is -0.152. The normalized spacial score (nSPS) is 13.1. The highest BCUT2D eigenvalue weighted by atomic mass is 32.1. The first-order chi connectivity index (χ1) is 15.9. The molecule has 0 fully saturated rings. The zero-order chi connectivity index (χ0) is 25.5. The molecule has 184 valence electrons. The van der Waals surface area contributed by atoms with Crippen LogP contribution in [0.1, 0.15) is 53.6 Å². The summed E-state index contributed by atoms with van der Waals surface area (Å²) in [5.41, 5.74) is -1.52. The van der Waals surface area contributed by atoms with Crippen LogP contribution in [0.4, 0.5) is 18.0 Å². The molecule has 0 aliphatic heterocycles. The van der Waals surface area contributed by atoms with Crippen LogP contribution in [-0.4, -0.2) is 34.9 Å². The molecule has 8 nitrogen and oxygen atoms in total. The number of aromatic hydroxyl groups is 1. The van der Waals surface area contributed by atoms with Crippen LogP contribution in [-0.2, 0) is 0 Å². The van der Waals surface area contributed by atoms with Gasteiger partial charge in [0.25, 0.3) is 0 Å². The highest BCUT2D eigenvalue weighted by Crippen LogP contribution is 2.30. The van der Waals surface area contributed by atoms with Gasteiger partial charge in [-0.05, 0) is 43.5 Å². The van der Waals surface area contributed by atoms with Gasteiger partial charge in [0, 0.05) is 23.1 Å². The van der Waals surface area contributed by atoms with Crippen molar-refractivity contribution in [2.24, 2.45) is 0 Å². The minimum absolute atomic E-state index is 0.0121. The molecule has 0 saturated carbocycles. The first kappa shape index (κ1) is 26.7. The van der Waals surface area contributed by atoms with Crippen molar-refractivity contribution >= 4 is 29.3 Å². The van der Waals surface area contributed by atoms with Crippen molar-refractivity contribution in [2.45, 2.75) is 38.8 Å². The number of rotatable bonds is 10. The maximum absolute atomic E-state index is 12.7. The Labute approximate surface area is 196 Å². The summed E-state index contributed by atoms with van der Waals surface area (Å²) >= 11 is 0.884. The van der Waals surface area contributed by atoms with E-state index in [1.165, 1.54) is 37.4 Å². The topological polar surface area (TPSA) is 126 Å². The van der Waals surface area contributed by atoms with Gasteiger partial charge in [-0.15, -0.1) is 0 Å².